The maximum absolute atomic E-state index is 5.33. The Morgan fingerprint density at radius 3 is 3.11 bits per heavy atom. The molecule has 0 aliphatic carbocycles. The molecule has 98 valence electrons. The normalized spacial score (nSPS) is 10.8. The van der Waals surface area contributed by atoms with Crippen LogP contribution in [0.5, 0.6) is 0 Å². The number of rotatable bonds is 7. The van der Waals surface area contributed by atoms with E-state index in [0.717, 1.165) is 36.9 Å². The van der Waals surface area contributed by atoms with E-state index >= 15 is 0 Å². The third kappa shape index (κ3) is 3.58. The lowest BCUT2D eigenvalue weighted by Crippen LogP contribution is -2.15. The average Bonchev–Trinajstić information content (AvgIpc) is 3.00. The van der Waals surface area contributed by atoms with Gasteiger partial charge in [-0.15, -0.1) is 11.3 Å². The molecule has 0 aromatic carbocycles. The van der Waals surface area contributed by atoms with E-state index in [0.29, 0.717) is 0 Å². The van der Waals surface area contributed by atoms with Crippen molar-refractivity contribution in [2.75, 3.05) is 18.5 Å². The van der Waals surface area contributed by atoms with Crippen molar-refractivity contribution in [2.24, 2.45) is 0 Å². The fourth-order valence-corrected chi connectivity index (χ4v) is 2.49. The number of anilines is 1. The van der Waals surface area contributed by atoms with Gasteiger partial charge in [-0.05, 0) is 25.1 Å². The molecular weight excluding hydrogens is 246 g/mol. The van der Waals surface area contributed by atoms with Gasteiger partial charge in [0.25, 0.3) is 0 Å². The van der Waals surface area contributed by atoms with Gasteiger partial charge >= 0.3 is 0 Å². The highest BCUT2D eigenvalue weighted by molar-refractivity contribution is 7.15. The molecule has 0 unspecified atom stereocenters. The third-order valence-electron chi connectivity index (χ3n) is 2.57. The topological polar surface area (TPSA) is 41.3 Å². The molecule has 5 heteroatoms. The summed E-state index contributed by atoms with van der Waals surface area (Å²) in [6.45, 7) is 4.88. The lowest BCUT2D eigenvalue weighted by Gasteiger charge is -2.13. The van der Waals surface area contributed by atoms with E-state index < -0.39 is 0 Å². The van der Waals surface area contributed by atoms with Crippen LogP contribution in [0, 0.1) is 0 Å². The van der Waals surface area contributed by atoms with Crippen molar-refractivity contribution in [2.45, 2.75) is 26.4 Å². The van der Waals surface area contributed by atoms with Gasteiger partial charge in [0.2, 0.25) is 0 Å². The molecule has 0 saturated heterocycles. The molecule has 18 heavy (non-hydrogen) atoms. The first kappa shape index (κ1) is 13.1. The van der Waals surface area contributed by atoms with Crippen molar-refractivity contribution >= 4 is 16.5 Å². The number of nitrogens with zero attached hydrogens (tertiary/aromatic N) is 2. The molecule has 2 rings (SSSR count). The van der Waals surface area contributed by atoms with Crippen molar-refractivity contribution in [3.05, 3.63) is 35.2 Å². The summed E-state index contributed by atoms with van der Waals surface area (Å²) in [7, 11) is 2.03. The van der Waals surface area contributed by atoms with Gasteiger partial charge < -0.3 is 14.6 Å². The highest BCUT2D eigenvalue weighted by atomic mass is 32.1. The van der Waals surface area contributed by atoms with Gasteiger partial charge in [0.15, 0.2) is 5.13 Å². The molecule has 0 aliphatic heterocycles. The van der Waals surface area contributed by atoms with E-state index in [1.165, 1.54) is 4.88 Å². The zero-order valence-electron chi connectivity index (χ0n) is 10.8. The maximum atomic E-state index is 5.33. The second-order valence-corrected chi connectivity index (χ2v) is 5.32. The fraction of sp³-hybridized carbons (Fsp3) is 0.462. The Labute approximate surface area is 112 Å². The number of hydrogen-bond donors (Lipinski definition) is 1. The number of furan rings is 1. The number of aromatic nitrogens is 1. The second-order valence-electron chi connectivity index (χ2n) is 4.22. The molecule has 2 aromatic rings. The van der Waals surface area contributed by atoms with Crippen LogP contribution in [0.15, 0.2) is 29.0 Å². The van der Waals surface area contributed by atoms with E-state index in [1.54, 1.807) is 17.6 Å². The van der Waals surface area contributed by atoms with Gasteiger partial charge in [0.05, 0.1) is 12.8 Å². The molecule has 0 spiro atoms. The summed E-state index contributed by atoms with van der Waals surface area (Å²) >= 11 is 1.72. The lowest BCUT2D eigenvalue weighted by atomic mass is 10.4. The average molecular weight is 265 g/mol. The van der Waals surface area contributed by atoms with Crippen LogP contribution in [0.3, 0.4) is 0 Å². The van der Waals surface area contributed by atoms with Crippen LogP contribution in [0.25, 0.3) is 0 Å². The molecule has 0 radical (unpaired) electrons. The van der Waals surface area contributed by atoms with E-state index in [9.17, 15) is 0 Å². The molecule has 0 bridgehead atoms. The summed E-state index contributed by atoms with van der Waals surface area (Å²) in [6, 6.07) is 3.89. The van der Waals surface area contributed by atoms with Crippen LogP contribution in [-0.2, 0) is 13.1 Å². The first-order valence-corrected chi connectivity index (χ1v) is 7.00. The molecule has 4 nitrogen and oxygen atoms in total. The quantitative estimate of drug-likeness (QED) is 0.782. The number of thiazole rings is 1. The van der Waals surface area contributed by atoms with Crippen LogP contribution in [0.1, 0.15) is 24.0 Å². The van der Waals surface area contributed by atoms with Crippen LogP contribution >= 0.6 is 11.3 Å². The van der Waals surface area contributed by atoms with Gasteiger partial charge in [0, 0.05) is 24.7 Å². The first-order valence-electron chi connectivity index (χ1n) is 6.18. The Morgan fingerprint density at radius 2 is 2.39 bits per heavy atom. The molecule has 2 heterocycles. The lowest BCUT2D eigenvalue weighted by molar-refractivity contribution is 0.507. The van der Waals surface area contributed by atoms with Crippen molar-refractivity contribution in [3.63, 3.8) is 0 Å². The van der Waals surface area contributed by atoms with Gasteiger partial charge in [-0.2, -0.15) is 0 Å². The van der Waals surface area contributed by atoms with Gasteiger partial charge in [-0.25, -0.2) is 4.98 Å². The molecule has 2 aromatic heterocycles. The second kappa shape index (κ2) is 6.56. The zero-order valence-corrected chi connectivity index (χ0v) is 11.7. The van der Waals surface area contributed by atoms with Crippen molar-refractivity contribution in [1.82, 2.24) is 10.3 Å². The minimum absolute atomic E-state index is 0.752. The summed E-state index contributed by atoms with van der Waals surface area (Å²) in [6.07, 6.45) is 4.80. The van der Waals surface area contributed by atoms with E-state index in [1.807, 2.05) is 25.4 Å². The molecule has 0 saturated carbocycles. The Balaban J connectivity index is 1.88. The highest BCUT2D eigenvalue weighted by Crippen LogP contribution is 2.22. The zero-order chi connectivity index (χ0) is 12.8. The van der Waals surface area contributed by atoms with Crippen LogP contribution < -0.4 is 10.2 Å². The molecule has 0 atom stereocenters. The molecule has 1 N–H and O–H groups in total. The van der Waals surface area contributed by atoms with Crippen LogP contribution in [-0.4, -0.2) is 18.6 Å². The molecule has 0 aliphatic rings. The van der Waals surface area contributed by atoms with Crippen molar-refractivity contribution in [3.8, 4) is 0 Å². The Morgan fingerprint density at radius 1 is 1.50 bits per heavy atom. The maximum Gasteiger partial charge on any atom is 0.185 e. The SMILES string of the molecule is CCCNCc1cnc(N(C)Cc2ccco2)s1. The Kier molecular flexibility index (Phi) is 4.78. The van der Waals surface area contributed by atoms with Gasteiger partial charge in [-0.1, -0.05) is 6.92 Å². The molecule has 0 fully saturated rings. The summed E-state index contributed by atoms with van der Waals surface area (Å²) in [5, 5.41) is 4.41. The minimum atomic E-state index is 0.752. The molecule has 0 amide bonds. The predicted molar refractivity (Wildman–Crippen MR) is 74.9 cm³/mol. The third-order valence-corrected chi connectivity index (χ3v) is 3.68. The number of nitrogens with one attached hydrogen (secondary N) is 1. The smallest absolute Gasteiger partial charge is 0.185 e. The Hall–Kier alpha value is -1.33. The Bertz CT molecular complexity index is 453. The van der Waals surface area contributed by atoms with E-state index in [4.69, 9.17) is 4.42 Å². The van der Waals surface area contributed by atoms with Gasteiger partial charge in [-0.3, -0.25) is 0 Å². The standard InChI is InChI=1S/C13H19N3OS/c1-3-6-14-8-12-9-15-13(18-12)16(2)10-11-5-4-7-17-11/h4-5,7,9,14H,3,6,8,10H2,1-2H3. The van der Waals surface area contributed by atoms with Crippen molar-refractivity contribution in [1.29, 1.82) is 0 Å². The van der Waals surface area contributed by atoms with Crippen molar-refractivity contribution < 1.29 is 4.42 Å². The van der Waals surface area contributed by atoms with Crippen LogP contribution in [0.4, 0.5) is 5.13 Å². The minimum Gasteiger partial charge on any atom is -0.467 e. The predicted octanol–water partition coefficient (Wildman–Crippen LogP) is 2.87. The fourth-order valence-electron chi connectivity index (χ4n) is 1.65. The summed E-state index contributed by atoms with van der Waals surface area (Å²) in [5.41, 5.74) is 0. The van der Waals surface area contributed by atoms with Gasteiger partial charge in [0.1, 0.15) is 5.76 Å². The molecular formula is C13H19N3OS. The van der Waals surface area contributed by atoms with E-state index in [-0.39, 0.29) is 0 Å². The summed E-state index contributed by atoms with van der Waals surface area (Å²) < 4.78 is 5.33. The number of hydrogen-bond acceptors (Lipinski definition) is 5. The first-order chi connectivity index (χ1) is 8.79. The monoisotopic (exact) mass is 265 g/mol. The van der Waals surface area contributed by atoms with E-state index in [2.05, 4.69) is 22.1 Å². The summed E-state index contributed by atoms with van der Waals surface area (Å²) in [5.74, 6) is 0.957. The summed E-state index contributed by atoms with van der Waals surface area (Å²) in [4.78, 5) is 7.81. The largest absolute Gasteiger partial charge is 0.467 e. The van der Waals surface area contributed by atoms with Crippen LogP contribution in [0.2, 0.25) is 0 Å². The highest BCUT2D eigenvalue weighted by Gasteiger charge is 2.08.